The first-order valence-electron chi connectivity index (χ1n) is 6.24. The highest BCUT2D eigenvalue weighted by molar-refractivity contribution is 5.52. The number of hydrogen-bond acceptors (Lipinski definition) is 4. The van der Waals surface area contributed by atoms with Crippen LogP contribution < -0.4 is 10.1 Å². The Balaban J connectivity index is 2.17. The Hall–Kier alpha value is -1.94. The SMILES string of the molecule is COc1ccc(NC(C)c2occc2C)cc1CO. The average Bonchev–Trinajstić information content (AvgIpc) is 2.85. The van der Waals surface area contributed by atoms with E-state index in [1.165, 1.54) is 0 Å². The topological polar surface area (TPSA) is 54.6 Å². The summed E-state index contributed by atoms with van der Waals surface area (Å²) in [4.78, 5) is 0. The van der Waals surface area contributed by atoms with Gasteiger partial charge in [-0.25, -0.2) is 0 Å². The molecule has 0 aliphatic carbocycles. The summed E-state index contributed by atoms with van der Waals surface area (Å²) in [6.07, 6.45) is 1.69. The molecule has 1 heterocycles. The quantitative estimate of drug-likeness (QED) is 0.867. The monoisotopic (exact) mass is 261 g/mol. The summed E-state index contributed by atoms with van der Waals surface area (Å²) in [6.45, 7) is 4.01. The van der Waals surface area contributed by atoms with Crippen LogP contribution in [0.3, 0.4) is 0 Å². The number of hydrogen-bond donors (Lipinski definition) is 2. The molecule has 2 aromatic rings. The highest BCUT2D eigenvalue weighted by Gasteiger charge is 2.12. The maximum absolute atomic E-state index is 9.31. The number of nitrogens with one attached hydrogen (secondary N) is 1. The molecule has 0 aliphatic rings. The van der Waals surface area contributed by atoms with E-state index in [4.69, 9.17) is 9.15 Å². The Morgan fingerprint density at radius 1 is 1.37 bits per heavy atom. The maximum Gasteiger partial charge on any atom is 0.128 e. The summed E-state index contributed by atoms with van der Waals surface area (Å²) >= 11 is 0. The zero-order valence-corrected chi connectivity index (χ0v) is 11.4. The molecule has 102 valence electrons. The molecule has 0 spiro atoms. The van der Waals surface area contributed by atoms with Crippen LogP contribution in [-0.4, -0.2) is 12.2 Å². The average molecular weight is 261 g/mol. The molecule has 2 rings (SSSR count). The molecule has 1 atom stereocenters. The number of aryl methyl sites for hydroxylation is 1. The van der Waals surface area contributed by atoms with E-state index in [1.54, 1.807) is 13.4 Å². The molecule has 0 aliphatic heterocycles. The molecule has 0 bridgehead atoms. The van der Waals surface area contributed by atoms with E-state index < -0.39 is 0 Å². The van der Waals surface area contributed by atoms with Crippen LogP contribution in [0.4, 0.5) is 5.69 Å². The number of anilines is 1. The van der Waals surface area contributed by atoms with E-state index in [0.29, 0.717) is 5.75 Å². The third-order valence-corrected chi connectivity index (χ3v) is 3.13. The largest absolute Gasteiger partial charge is 0.496 e. The van der Waals surface area contributed by atoms with E-state index in [-0.39, 0.29) is 12.6 Å². The minimum atomic E-state index is -0.0488. The molecule has 0 saturated heterocycles. The second-order valence-corrected chi connectivity index (χ2v) is 4.52. The third-order valence-electron chi connectivity index (χ3n) is 3.13. The van der Waals surface area contributed by atoms with Crippen LogP contribution in [0.2, 0.25) is 0 Å². The molecule has 0 amide bonds. The van der Waals surface area contributed by atoms with Gasteiger partial charge in [-0.2, -0.15) is 0 Å². The van der Waals surface area contributed by atoms with Gasteiger partial charge in [-0.05, 0) is 43.7 Å². The van der Waals surface area contributed by atoms with Crippen LogP contribution in [0, 0.1) is 6.92 Å². The summed E-state index contributed by atoms with van der Waals surface area (Å²) in [5.74, 6) is 1.61. The van der Waals surface area contributed by atoms with Crippen molar-refractivity contribution in [3.8, 4) is 5.75 Å². The van der Waals surface area contributed by atoms with E-state index in [2.05, 4.69) is 5.32 Å². The van der Waals surface area contributed by atoms with Crippen molar-refractivity contribution in [3.05, 3.63) is 47.4 Å². The van der Waals surface area contributed by atoms with Crippen LogP contribution >= 0.6 is 0 Å². The molecule has 1 aromatic heterocycles. The summed E-state index contributed by atoms with van der Waals surface area (Å²) in [6, 6.07) is 7.66. The van der Waals surface area contributed by atoms with Crippen molar-refractivity contribution in [1.82, 2.24) is 0 Å². The molecule has 4 nitrogen and oxygen atoms in total. The number of rotatable bonds is 5. The molecule has 1 unspecified atom stereocenters. The predicted molar refractivity (Wildman–Crippen MR) is 74.4 cm³/mol. The zero-order chi connectivity index (χ0) is 13.8. The Bertz CT molecular complexity index is 548. The van der Waals surface area contributed by atoms with E-state index >= 15 is 0 Å². The molecule has 19 heavy (non-hydrogen) atoms. The van der Waals surface area contributed by atoms with Crippen LogP contribution in [0.5, 0.6) is 5.75 Å². The predicted octanol–water partition coefficient (Wildman–Crippen LogP) is 3.26. The fraction of sp³-hybridized carbons (Fsp3) is 0.333. The lowest BCUT2D eigenvalue weighted by Gasteiger charge is -2.16. The first-order chi connectivity index (χ1) is 9.15. The maximum atomic E-state index is 9.31. The van der Waals surface area contributed by atoms with Crippen LogP contribution in [0.25, 0.3) is 0 Å². The molecule has 2 N–H and O–H groups in total. The summed E-state index contributed by atoms with van der Waals surface area (Å²) < 4.78 is 10.6. The second kappa shape index (κ2) is 5.80. The van der Waals surface area contributed by atoms with Crippen LogP contribution in [0.15, 0.2) is 34.9 Å². The molecule has 0 saturated carbocycles. The Kier molecular flexibility index (Phi) is 4.12. The van der Waals surface area contributed by atoms with Crippen molar-refractivity contribution in [1.29, 1.82) is 0 Å². The van der Waals surface area contributed by atoms with E-state index in [9.17, 15) is 5.11 Å². The summed E-state index contributed by atoms with van der Waals surface area (Å²) in [7, 11) is 1.59. The number of furan rings is 1. The van der Waals surface area contributed by atoms with Crippen molar-refractivity contribution < 1.29 is 14.3 Å². The fourth-order valence-corrected chi connectivity index (χ4v) is 2.14. The number of ether oxygens (including phenoxy) is 1. The second-order valence-electron chi connectivity index (χ2n) is 4.52. The van der Waals surface area contributed by atoms with Crippen molar-refractivity contribution in [3.63, 3.8) is 0 Å². The molecule has 0 fully saturated rings. The van der Waals surface area contributed by atoms with Crippen molar-refractivity contribution in [2.75, 3.05) is 12.4 Å². The van der Waals surface area contributed by atoms with Gasteiger partial charge in [0, 0.05) is 11.3 Å². The Morgan fingerprint density at radius 3 is 2.74 bits per heavy atom. The van der Waals surface area contributed by atoms with Gasteiger partial charge in [0.15, 0.2) is 0 Å². The highest BCUT2D eigenvalue weighted by Crippen LogP contribution is 2.27. The highest BCUT2D eigenvalue weighted by atomic mass is 16.5. The number of benzene rings is 1. The molecule has 1 aromatic carbocycles. The van der Waals surface area contributed by atoms with Crippen LogP contribution in [-0.2, 0) is 6.61 Å². The number of aliphatic hydroxyl groups is 1. The summed E-state index contributed by atoms with van der Waals surface area (Å²) in [5.41, 5.74) is 2.81. The zero-order valence-electron chi connectivity index (χ0n) is 11.4. The van der Waals surface area contributed by atoms with Gasteiger partial charge in [-0.3, -0.25) is 0 Å². The lowest BCUT2D eigenvalue weighted by atomic mass is 10.1. The first-order valence-corrected chi connectivity index (χ1v) is 6.24. The standard InChI is InChI=1S/C15H19NO3/c1-10-6-7-19-15(10)11(2)16-13-4-5-14(18-3)12(8-13)9-17/h4-8,11,16-17H,9H2,1-3H3. The van der Waals surface area contributed by atoms with Gasteiger partial charge in [0.25, 0.3) is 0 Å². The van der Waals surface area contributed by atoms with Gasteiger partial charge in [0.2, 0.25) is 0 Å². The van der Waals surface area contributed by atoms with Gasteiger partial charge < -0.3 is 19.6 Å². The van der Waals surface area contributed by atoms with Crippen molar-refractivity contribution >= 4 is 5.69 Å². The smallest absolute Gasteiger partial charge is 0.128 e. The van der Waals surface area contributed by atoms with Gasteiger partial charge in [0.1, 0.15) is 11.5 Å². The van der Waals surface area contributed by atoms with Crippen molar-refractivity contribution in [2.45, 2.75) is 26.5 Å². The van der Waals surface area contributed by atoms with E-state index in [0.717, 1.165) is 22.6 Å². The van der Waals surface area contributed by atoms with Crippen LogP contribution in [0.1, 0.15) is 29.9 Å². The normalized spacial score (nSPS) is 12.2. The molecule has 4 heteroatoms. The van der Waals surface area contributed by atoms with Crippen molar-refractivity contribution in [2.24, 2.45) is 0 Å². The number of methoxy groups -OCH3 is 1. The molecular weight excluding hydrogens is 242 g/mol. The Morgan fingerprint density at radius 2 is 2.16 bits per heavy atom. The molecule has 0 radical (unpaired) electrons. The minimum Gasteiger partial charge on any atom is -0.496 e. The summed E-state index contributed by atoms with van der Waals surface area (Å²) in [5, 5.41) is 12.7. The molecular formula is C15H19NO3. The van der Waals surface area contributed by atoms with E-state index in [1.807, 2.05) is 38.1 Å². The van der Waals surface area contributed by atoms with Gasteiger partial charge in [-0.15, -0.1) is 0 Å². The number of aliphatic hydroxyl groups excluding tert-OH is 1. The first kappa shape index (κ1) is 13.5. The van der Waals surface area contributed by atoms with Gasteiger partial charge in [-0.1, -0.05) is 0 Å². The third kappa shape index (κ3) is 2.90. The van der Waals surface area contributed by atoms with Gasteiger partial charge in [0.05, 0.1) is 26.0 Å². The van der Waals surface area contributed by atoms with Gasteiger partial charge >= 0.3 is 0 Å². The lowest BCUT2D eigenvalue weighted by Crippen LogP contribution is -2.07. The lowest BCUT2D eigenvalue weighted by molar-refractivity contribution is 0.274. The fourth-order valence-electron chi connectivity index (χ4n) is 2.14. The minimum absolute atomic E-state index is 0.0488. The Labute approximate surface area is 113 Å².